The van der Waals surface area contributed by atoms with E-state index in [1.54, 1.807) is 0 Å². The summed E-state index contributed by atoms with van der Waals surface area (Å²) in [6, 6.07) is 15.8. The molecule has 17 rings (SSSR count). The molecule has 7 aromatic rings. The number of halogens is 2. The van der Waals surface area contributed by atoms with E-state index in [1.807, 2.05) is 63.7 Å². The highest BCUT2D eigenvalue weighted by atomic mass is 35.5. The van der Waals surface area contributed by atoms with Crippen LogP contribution in [0.4, 0.5) is 21.2 Å². The molecular formula is C77H102Cl2N14O6. The van der Waals surface area contributed by atoms with E-state index in [9.17, 15) is 9.59 Å². The Balaban J connectivity index is 0.000000156. The van der Waals surface area contributed by atoms with Gasteiger partial charge in [-0.2, -0.15) is 20.4 Å². The predicted molar refractivity (Wildman–Crippen MR) is 388 cm³/mol. The van der Waals surface area contributed by atoms with Crippen molar-refractivity contribution in [3.8, 4) is 22.3 Å². The number of aromatic nitrogens is 8. The van der Waals surface area contributed by atoms with Crippen LogP contribution in [-0.2, 0) is 25.5 Å². The van der Waals surface area contributed by atoms with Gasteiger partial charge in [0.2, 0.25) is 0 Å². The molecule has 2 amide bonds. The first-order chi connectivity index (χ1) is 47.4. The SMILES string of the molecule is Cc1cc2c(cnn2C2CCCCO2)c(-c2c(N3CCN(Cc4ccccc4)CC34CCC4)nn(C3CC4(C3)CN(C(=O)OC(C)(C)C)C4)c2C)c1Cl.Cc1cc2c(cnn2C2CCCCO2)c(-c2c(N3CCNCC34CCC4)nn(C3CC4(C3)CN(C(=O)OC(C)(C)C)C4)c2C)c1Cl. The molecule has 6 aliphatic heterocycles. The van der Waals surface area contributed by atoms with Crippen molar-refractivity contribution in [3.05, 3.63) is 93.0 Å². The first-order valence-electron chi connectivity index (χ1n) is 37.1. The third-order valence-corrected chi connectivity index (χ3v) is 25.0. The predicted octanol–water partition coefficient (Wildman–Crippen LogP) is 15.5. The van der Waals surface area contributed by atoms with Crippen LogP contribution >= 0.6 is 23.2 Å². The number of fused-ring (bicyclic) bond motifs is 2. The van der Waals surface area contributed by atoms with Crippen molar-refractivity contribution in [2.45, 2.75) is 225 Å². The van der Waals surface area contributed by atoms with E-state index < -0.39 is 11.2 Å². The number of likely N-dealkylation sites (tertiary alicyclic amines) is 2. The van der Waals surface area contributed by atoms with E-state index in [2.05, 4.69) is 109 Å². The zero-order chi connectivity index (χ0) is 68.7. The molecule has 10 aliphatic rings. The Morgan fingerprint density at radius 3 is 1.46 bits per heavy atom. The monoisotopic (exact) mass is 1390 g/mol. The van der Waals surface area contributed by atoms with E-state index in [0.717, 1.165) is 251 Å². The summed E-state index contributed by atoms with van der Waals surface area (Å²) < 4.78 is 32.5. The average molecular weight is 1390 g/mol. The van der Waals surface area contributed by atoms with Crippen LogP contribution < -0.4 is 15.1 Å². The highest BCUT2D eigenvalue weighted by Gasteiger charge is 2.58. The first-order valence-corrected chi connectivity index (χ1v) is 37.9. The van der Waals surface area contributed by atoms with Gasteiger partial charge in [0.05, 0.1) is 56.6 Å². The van der Waals surface area contributed by atoms with E-state index >= 15 is 0 Å². The molecule has 0 bridgehead atoms. The molecule has 1 N–H and O–H groups in total. The fourth-order valence-corrected chi connectivity index (χ4v) is 19.3. The van der Waals surface area contributed by atoms with Crippen molar-refractivity contribution >= 4 is 68.8 Å². The summed E-state index contributed by atoms with van der Waals surface area (Å²) in [5.74, 6) is 2.11. The lowest BCUT2D eigenvalue weighted by Crippen LogP contribution is -2.66. The van der Waals surface area contributed by atoms with Gasteiger partial charge >= 0.3 is 12.2 Å². The fraction of sp³-hybridized carbons (Fsp3) is 0.636. The zero-order valence-electron chi connectivity index (χ0n) is 60.0. The second kappa shape index (κ2) is 25.2. The second-order valence-corrected chi connectivity index (χ2v) is 34.3. The number of rotatable bonds is 10. The van der Waals surface area contributed by atoms with Crippen LogP contribution in [0, 0.1) is 38.5 Å². The minimum atomic E-state index is -0.492. The van der Waals surface area contributed by atoms with Gasteiger partial charge in [-0.25, -0.2) is 19.0 Å². The number of anilines is 2. The Labute approximate surface area is 593 Å². The molecule has 2 unspecified atom stereocenters. The van der Waals surface area contributed by atoms with Gasteiger partial charge in [0, 0.05) is 140 Å². The molecule has 10 fully saturated rings. The van der Waals surface area contributed by atoms with Crippen molar-refractivity contribution in [2.24, 2.45) is 10.8 Å². The van der Waals surface area contributed by atoms with Crippen molar-refractivity contribution in [1.82, 2.24) is 59.1 Å². The molecule has 4 saturated carbocycles. The van der Waals surface area contributed by atoms with Crippen LogP contribution in [0.3, 0.4) is 0 Å². The molecule has 3 aromatic carbocycles. The average Bonchev–Trinajstić information content (AvgIpc) is 1.61. The molecule has 2 atom stereocenters. The fourth-order valence-electron chi connectivity index (χ4n) is 18.8. The van der Waals surface area contributed by atoms with E-state index in [1.165, 1.54) is 31.2 Å². The van der Waals surface area contributed by atoms with Crippen LogP contribution in [0.25, 0.3) is 44.1 Å². The molecule has 20 nitrogen and oxygen atoms in total. The molecule has 22 heteroatoms. The summed E-state index contributed by atoms with van der Waals surface area (Å²) >= 11 is 14.8. The summed E-state index contributed by atoms with van der Waals surface area (Å²) in [5, 5.41) is 28.3. The maximum absolute atomic E-state index is 12.8. The molecule has 6 saturated heterocycles. The number of nitrogens with one attached hydrogen (secondary N) is 1. The summed E-state index contributed by atoms with van der Waals surface area (Å²) in [5.41, 5.74) is 11.7. The number of benzene rings is 3. The number of ether oxygens (including phenoxy) is 4. The number of amides is 2. The van der Waals surface area contributed by atoms with Crippen molar-refractivity contribution in [1.29, 1.82) is 0 Å². The number of carbonyl (C=O) groups excluding carboxylic acids is 2. The van der Waals surface area contributed by atoms with Crippen LogP contribution in [0.15, 0.2) is 54.9 Å². The molecule has 4 aromatic heterocycles. The van der Waals surface area contributed by atoms with Crippen LogP contribution in [0.2, 0.25) is 10.0 Å². The van der Waals surface area contributed by atoms with E-state index in [4.69, 9.17) is 62.5 Å². The number of nitrogens with zero attached hydrogens (tertiary/aromatic N) is 13. The molecule has 4 aliphatic carbocycles. The lowest BCUT2D eigenvalue weighted by atomic mass is 9.60. The Kier molecular flexibility index (Phi) is 17.1. The normalized spacial score (nSPS) is 24.1. The number of piperazine rings is 2. The molecule has 10 heterocycles. The van der Waals surface area contributed by atoms with Gasteiger partial charge in [-0.15, -0.1) is 0 Å². The second-order valence-electron chi connectivity index (χ2n) is 33.5. The van der Waals surface area contributed by atoms with Crippen molar-refractivity contribution in [2.75, 3.05) is 88.5 Å². The summed E-state index contributed by atoms with van der Waals surface area (Å²) in [7, 11) is 0. The number of aryl methyl sites for hydroxylation is 2. The van der Waals surface area contributed by atoms with E-state index in [-0.39, 0.29) is 58.6 Å². The van der Waals surface area contributed by atoms with Gasteiger partial charge in [0.25, 0.3) is 0 Å². The third kappa shape index (κ3) is 12.0. The Morgan fingerprint density at radius 2 is 1.04 bits per heavy atom. The van der Waals surface area contributed by atoms with Gasteiger partial charge in [-0.05, 0) is 201 Å². The Hall–Kier alpha value is -6.42. The lowest BCUT2D eigenvalue weighted by Gasteiger charge is -2.58. The Bertz CT molecular complexity index is 4210. The zero-order valence-corrected chi connectivity index (χ0v) is 61.5. The van der Waals surface area contributed by atoms with Gasteiger partial charge in [-0.1, -0.05) is 53.5 Å². The largest absolute Gasteiger partial charge is 0.444 e. The quantitative estimate of drug-likeness (QED) is 0.137. The highest BCUT2D eigenvalue weighted by Crippen LogP contribution is 2.59. The van der Waals surface area contributed by atoms with E-state index in [0.29, 0.717) is 0 Å². The molecule has 0 radical (unpaired) electrons. The summed E-state index contributed by atoms with van der Waals surface area (Å²) in [6.07, 6.45) is 21.0. The minimum absolute atomic E-state index is 0.0334. The summed E-state index contributed by atoms with van der Waals surface area (Å²) in [4.78, 5) is 37.1. The number of hydrogen-bond donors (Lipinski definition) is 1. The maximum Gasteiger partial charge on any atom is 0.410 e. The van der Waals surface area contributed by atoms with Crippen LogP contribution in [-0.4, -0.2) is 167 Å². The first kappa shape index (κ1) is 67.1. The van der Waals surface area contributed by atoms with Crippen LogP contribution in [0.5, 0.6) is 0 Å². The molecule has 99 heavy (non-hydrogen) atoms. The lowest BCUT2D eigenvalue weighted by molar-refractivity contribution is -0.0931. The number of carbonyl (C=O) groups is 2. The van der Waals surface area contributed by atoms with Gasteiger partial charge in [-0.3, -0.25) is 14.3 Å². The molecule has 4 spiro atoms. The van der Waals surface area contributed by atoms with Gasteiger partial charge < -0.3 is 43.9 Å². The third-order valence-electron chi connectivity index (χ3n) is 24.0. The summed E-state index contributed by atoms with van der Waals surface area (Å²) in [6.45, 7) is 31.5. The van der Waals surface area contributed by atoms with Gasteiger partial charge in [0.15, 0.2) is 24.1 Å². The maximum atomic E-state index is 12.8. The smallest absolute Gasteiger partial charge is 0.410 e. The van der Waals surface area contributed by atoms with Crippen molar-refractivity contribution in [3.63, 3.8) is 0 Å². The Morgan fingerprint density at radius 1 is 0.576 bits per heavy atom. The molecule has 530 valence electrons. The highest BCUT2D eigenvalue weighted by molar-refractivity contribution is 6.36. The standard InChI is InChI=1S/C42H54ClN7O3.C35H48ClN7O3/c1-28-20-33-32(23-44-50(33)34-14-9-10-19-52-34)36(37(28)43)35-29(2)49(31-21-41(22-31)25-47(26-41)39(51)53-40(3,4)5)45-38(35)48-18-17-46(27-42(48)15-11-16-42)24-30-12-7-6-8-13-30;1-22-15-26-25(18-38-43(26)27-9-6-7-14-45-27)29(30(22)36)28-23(2)42(39-31(28)41-13-12-37-19-35(41)10-8-11-35)24-16-34(17-24)20-40(21-34)32(44)46-33(3,4)5/h6-8,12-13,20,23,31,34H,9-11,14-19,21-22,24-27H2,1-5H3;15,18,24,27,37H,6-14,16-17,19-21H2,1-5H3. The minimum Gasteiger partial charge on any atom is -0.444 e. The topological polar surface area (TPSA) is 171 Å². The number of hydrogen-bond acceptors (Lipinski definition) is 14. The molecular weight excluding hydrogens is 1290 g/mol. The van der Waals surface area contributed by atoms with Gasteiger partial charge in [0.1, 0.15) is 11.2 Å². The van der Waals surface area contributed by atoms with Crippen molar-refractivity contribution < 1.29 is 28.5 Å². The van der Waals surface area contributed by atoms with Crippen LogP contribution in [0.1, 0.15) is 197 Å².